The first-order valence-electron chi connectivity index (χ1n) is 8.66. The van der Waals surface area contributed by atoms with Gasteiger partial charge >= 0.3 is 0 Å². The molecule has 0 aliphatic heterocycles. The molecule has 1 N–H and O–H groups in total. The summed E-state index contributed by atoms with van der Waals surface area (Å²) in [7, 11) is 0. The van der Waals surface area contributed by atoms with Crippen LogP contribution in [0.2, 0.25) is 0 Å². The summed E-state index contributed by atoms with van der Waals surface area (Å²) in [6.07, 6.45) is 3.93. The van der Waals surface area contributed by atoms with E-state index >= 15 is 0 Å². The van der Waals surface area contributed by atoms with Crippen molar-refractivity contribution in [2.24, 2.45) is 0 Å². The highest BCUT2D eigenvalue weighted by atomic mass is 32.1. The third kappa shape index (κ3) is 4.01. The van der Waals surface area contributed by atoms with Crippen LogP contribution >= 0.6 is 11.3 Å². The monoisotopic (exact) mass is 377 g/mol. The van der Waals surface area contributed by atoms with Crippen LogP contribution in [0, 0.1) is 6.92 Å². The molecule has 136 valence electrons. The predicted octanol–water partition coefficient (Wildman–Crippen LogP) is 4.21. The lowest BCUT2D eigenvalue weighted by molar-refractivity contribution is 0.0951. The Morgan fingerprint density at radius 1 is 1.22 bits per heavy atom. The van der Waals surface area contributed by atoms with Gasteiger partial charge in [0.2, 0.25) is 0 Å². The summed E-state index contributed by atoms with van der Waals surface area (Å²) in [6.45, 7) is 2.91. The second-order valence-corrected chi connectivity index (χ2v) is 7.27. The van der Waals surface area contributed by atoms with E-state index in [1.807, 2.05) is 65.5 Å². The first-order valence-corrected chi connectivity index (χ1v) is 9.54. The van der Waals surface area contributed by atoms with Crippen molar-refractivity contribution in [3.05, 3.63) is 88.0 Å². The van der Waals surface area contributed by atoms with Crippen LogP contribution in [0.25, 0.3) is 5.65 Å². The van der Waals surface area contributed by atoms with Gasteiger partial charge in [0, 0.05) is 22.8 Å². The molecule has 27 heavy (non-hydrogen) atoms. The van der Waals surface area contributed by atoms with E-state index in [1.165, 1.54) is 0 Å². The van der Waals surface area contributed by atoms with Gasteiger partial charge in [-0.05, 0) is 48.2 Å². The van der Waals surface area contributed by atoms with Crippen LogP contribution in [0.3, 0.4) is 0 Å². The molecule has 0 unspecified atom stereocenters. The van der Waals surface area contributed by atoms with E-state index in [4.69, 9.17) is 4.74 Å². The first-order chi connectivity index (χ1) is 13.2. The van der Waals surface area contributed by atoms with Gasteiger partial charge in [-0.1, -0.05) is 18.2 Å². The van der Waals surface area contributed by atoms with Gasteiger partial charge in [-0.3, -0.25) is 4.79 Å². The molecule has 5 nitrogen and oxygen atoms in total. The number of hydrogen-bond donors (Lipinski definition) is 1. The molecule has 0 spiro atoms. The van der Waals surface area contributed by atoms with Crippen LogP contribution in [0.15, 0.2) is 66.3 Å². The summed E-state index contributed by atoms with van der Waals surface area (Å²) in [5.74, 6) is 0.532. The van der Waals surface area contributed by atoms with E-state index < -0.39 is 0 Å². The van der Waals surface area contributed by atoms with Crippen LogP contribution in [0.1, 0.15) is 26.5 Å². The van der Waals surface area contributed by atoms with Crippen LogP contribution in [-0.2, 0) is 13.2 Å². The summed E-state index contributed by atoms with van der Waals surface area (Å²) >= 11 is 1.62. The lowest BCUT2D eigenvalue weighted by Gasteiger charge is -2.07. The van der Waals surface area contributed by atoms with Gasteiger partial charge in [0.05, 0.1) is 12.2 Å². The van der Waals surface area contributed by atoms with Gasteiger partial charge in [-0.25, -0.2) is 4.98 Å². The molecule has 0 saturated carbocycles. The van der Waals surface area contributed by atoms with Crippen molar-refractivity contribution in [2.75, 3.05) is 0 Å². The van der Waals surface area contributed by atoms with Crippen LogP contribution < -0.4 is 10.1 Å². The molecule has 0 aliphatic carbocycles. The van der Waals surface area contributed by atoms with Crippen LogP contribution in [0.4, 0.5) is 0 Å². The molecule has 1 aromatic carbocycles. The third-order valence-electron chi connectivity index (χ3n) is 4.21. The molecule has 0 atom stereocenters. The molecule has 6 heteroatoms. The van der Waals surface area contributed by atoms with Crippen molar-refractivity contribution in [2.45, 2.75) is 20.1 Å². The summed E-state index contributed by atoms with van der Waals surface area (Å²) in [5.41, 5.74) is 3.47. The minimum Gasteiger partial charge on any atom is -0.487 e. The van der Waals surface area contributed by atoms with Gasteiger partial charge in [0.15, 0.2) is 0 Å². The zero-order valence-electron chi connectivity index (χ0n) is 14.9. The molecule has 4 rings (SSSR count). The number of hydrogen-bond acceptors (Lipinski definition) is 4. The molecular formula is C21H19N3O2S. The Morgan fingerprint density at radius 2 is 2.15 bits per heavy atom. The van der Waals surface area contributed by atoms with E-state index in [0.29, 0.717) is 24.5 Å². The quantitative estimate of drug-likeness (QED) is 0.547. The number of imidazole rings is 1. The number of benzene rings is 1. The maximum absolute atomic E-state index is 12.3. The molecule has 4 aromatic rings. The van der Waals surface area contributed by atoms with Crippen molar-refractivity contribution in [1.29, 1.82) is 0 Å². The number of rotatable bonds is 6. The van der Waals surface area contributed by atoms with Crippen molar-refractivity contribution in [1.82, 2.24) is 14.7 Å². The topological polar surface area (TPSA) is 55.6 Å². The van der Waals surface area contributed by atoms with Gasteiger partial charge in [0.1, 0.15) is 18.0 Å². The SMILES string of the molecule is Cc1cccn2cc(COc3cccc(C(=O)NCc4cccs4)c3)nc12. The Kier molecular flexibility index (Phi) is 4.89. The van der Waals surface area contributed by atoms with Crippen molar-refractivity contribution < 1.29 is 9.53 Å². The Morgan fingerprint density at radius 3 is 2.96 bits per heavy atom. The Hall–Kier alpha value is -3.12. The van der Waals surface area contributed by atoms with Gasteiger partial charge in [0.25, 0.3) is 5.91 Å². The summed E-state index contributed by atoms with van der Waals surface area (Å²) in [5, 5.41) is 4.92. The minimum atomic E-state index is -0.114. The highest BCUT2D eigenvalue weighted by Gasteiger charge is 2.08. The van der Waals surface area contributed by atoms with E-state index in [-0.39, 0.29) is 5.91 Å². The highest BCUT2D eigenvalue weighted by Crippen LogP contribution is 2.17. The zero-order chi connectivity index (χ0) is 18.6. The third-order valence-corrected chi connectivity index (χ3v) is 5.09. The number of pyridine rings is 1. The second-order valence-electron chi connectivity index (χ2n) is 6.23. The number of nitrogens with zero attached hydrogens (tertiary/aromatic N) is 2. The van der Waals surface area contributed by atoms with E-state index in [1.54, 1.807) is 23.5 Å². The lowest BCUT2D eigenvalue weighted by Crippen LogP contribution is -2.22. The number of ether oxygens (including phenoxy) is 1. The molecule has 0 fully saturated rings. The molecule has 3 heterocycles. The van der Waals surface area contributed by atoms with Crippen molar-refractivity contribution >= 4 is 22.9 Å². The number of aromatic nitrogens is 2. The fourth-order valence-corrected chi connectivity index (χ4v) is 3.49. The van der Waals surface area contributed by atoms with E-state index in [2.05, 4.69) is 10.3 Å². The first kappa shape index (κ1) is 17.3. The van der Waals surface area contributed by atoms with Crippen molar-refractivity contribution in [3.63, 3.8) is 0 Å². The number of nitrogens with one attached hydrogen (secondary N) is 1. The second kappa shape index (κ2) is 7.63. The number of fused-ring (bicyclic) bond motifs is 1. The average molecular weight is 377 g/mol. The molecule has 1 amide bonds. The maximum atomic E-state index is 12.3. The number of carbonyl (C=O) groups excluding carboxylic acids is 1. The van der Waals surface area contributed by atoms with Crippen molar-refractivity contribution in [3.8, 4) is 5.75 Å². The highest BCUT2D eigenvalue weighted by molar-refractivity contribution is 7.09. The molecule has 3 aromatic heterocycles. The predicted molar refractivity (Wildman–Crippen MR) is 106 cm³/mol. The largest absolute Gasteiger partial charge is 0.487 e. The summed E-state index contributed by atoms with van der Waals surface area (Å²) in [4.78, 5) is 18.1. The average Bonchev–Trinajstić information content (AvgIpc) is 3.35. The van der Waals surface area contributed by atoms with Crippen LogP contribution in [0.5, 0.6) is 5.75 Å². The molecular weight excluding hydrogens is 358 g/mol. The number of amides is 1. The molecule has 0 bridgehead atoms. The van der Waals surface area contributed by atoms with Gasteiger partial charge in [-0.2, -0.15) is 0 Å². The standard InChI is InChI=1S/C21H19N3O2S/c1-15-5-3-9-24-13-17(23-20(15)24)14-26-18-7-2-6-16(11-18)21(25)22-12-19-8-4-10-27-19/h2-11,13H,12,14H2,1H3,(H,22,25). The number of aryl methyl sites for hydroxylation is 1. The molecule has 0 radical (unpaired) electrons. The number of thiophene rings is 1. The Bertz CT molecular complexity index is 1070. The fourth-order valence-electron chi connectivity index (χ4n) is 2.84. The van der Waals surface area contributed by atoms with E-state index in [0.717, 1.165) is 21.8 Å². The Labute approximate surface area is 161 Å². The number of carbonyl (C=O) groups is 1. The molecule has 0 aliphatic rings. The zero-order valence-corrected chi connectivity index (χ0v) is 15.7. The molecule has 0 saturated heterocycles. The van der Waals surface area contributed by atoms with E-state index in [9.17, 15) is 4.79 Å². The fraction of sp³-hybridized carbons (Fsp3) is 0.143. The minimum absolute atomic E-state index is 0.114. The summed E-state index contributed by atoms with van der Waals surface area (Å²) in [6, 6.07) is 15.2. The van der Waals surface area contributed by atoms with Crippen LogP contribution in [-0.4, -0.2) is 15.3 Å². The van der Waals surface area contributed by atoms with Gasteiger partial charge in [-0.15, -0.1) is 11.3 Å². The Balaban J connectivity index is 1.41. The lowest BCUT2D eigenvalue weighted by atomic mass is 10.2. The normalized spacial score (nSPS) is 10.9. The smallest absolute Gasteiger partial charge is 0.251 e. The maximum Gasteiger partial charge on any atom is 0.251 e. The van der Waals surface area contributed by atoms with Gasteiger partial charge < -0.3 is 14.5 Å². The summed E-state index contributed by atoms with van der Waals surface area (Å²) < 4.78 is 7.84.